The minimum Gasteiger partial charge on any atom is -0.399 e. The minimum absolute atomic E-state index is 0.527. The lowest BCUT2D eigenvalue weighted by atomic mass is 10.1. The van der Waals surface area contributed by atoms with Gasteiger partial charge in [0, 0.05) is 5.70 Å². The van der Waals surface area contributed by atoms with Crippen molar-refractivity contribution in [3.05, 3.63) is 73.0 Å². The lowest BCUT2D eigenvalue weighted by Crippen LogP contribution is -1.89. The molecule has 0 aliphatic rings. The molecule has 15 heavy (non-hydrogen) atoms. The van der Waals surface area contributed by atoms with E-state index >= 15 is 0 Å². The van der Waals surface area contributed by atoms with Gasteiger partial charge in [-0.25, -0.2) is 0 Å². The second kappa shape index (κ2) is 6.66. The van der Waals surface area contributed by atoms with Crippen molar-refractivity contribution in [1.82, 2.24) is 0 Å². The summed E-state index contributed by atoms with van der Waals surface area (Å²) in [6, 6.07) is 0. The molecule has 0 radical (unpaired) electrons. The summed E-state index contributed by atoms with van der Waals surface area (Å²) >= 11 is 0. The van der Waals surface area contributed by atoms with E-state index in [4.69, 9.17) is 5.73 Å². The van der Waals surface area contributed by atoms with E-state index in [1.54, 1.807) is 6.08 Å². The zero-order chi connectivity index (χ0) is 11.8. The van der Waals surface area contributed by atoms with Crippen LogP contribution in [0.25, 0.3) is 0 Å². The average molecular weight is 201 g/mol. The maximum atomic E-state index is 5.40. The Balaban J connectivity index is 4.14. The van der Waals surface area contributed by atoms with Gasteiger partial charge < -0.3 is 5.73 Å². The molecule has 80 valence electrons. The fraction of sp³-hybridized carbons (Fsp3) is 0.143. The predicted molar refractivity (Wildman–Crippen MR) is 69.3 cm³/mol. The summed E-state index contributed by atoms with van der Waals surface area (Å²) in [6.07, 6.45) is 8.19. The molecule has 0 heterocycles. The standard InChI is InChI=1S/C14H19N/c1-11(2)6-7-12(3)10-13(4)8-9-14(5)15/h6-9H,1,3-5,10,15H2,2H3/b7-6-,9-8-. The number of nitrogens with two attached hydrogens (primary N) is 1. The monoisotopic (exact) mass is 201 g/mol. The van der Waals surface area contributed by atoms with Crippen molar-refractivity contribution >= 4 is 0 Å². The van der Waals surface area contributed by atoms with Crippen molar-refractivity contribution < 1.29 is 0 Å². The molecule has 2 N–H and O–H groups in total. The van der Waals surface area contributed by atoms with Crippen LogP contribution in [0.5, 0.6) is 0 Å². The van der Waals surface area contributed by atoms with Crippen LogP contribution < -0.4 is 5.73 Å². The van der Waals surface area contributed by atoms with Gasteiger partial charge >= 0.3 is 0 Å². The summed E-state index contributed by atoms with van der Waals surface area (Å²) in [6.45, 7) is 17.1. The third-order valence-electron chi connectivity index (χ3n) is 1.59. The molecule has 0 saturated heterocycles. The van der Waals surface area contributed by atoms with Gasteiger partial charge in [0.2, 0.25) is 0 Å². The van der Waals surface area contributed by atoms with Crippen LogP contribution in [0.3, 0.4) is 0 Å². The van der Waals surface area contributed by atoms with E-state index in [1.165, 1.54) is 0 Å². The lowest BCUT2D eigenvalue weighted by Gasteiger charge is -2.00. The second-order valence-electron chi connectivity index (χ2n) is 3.58. The van der Waals surface area contributed by atoms with Crippen LogP contribution in [0.1, 0.15) is 13.3 Å². The highest BCUT2D eigenvalue weighted by atomic mass is 14.5. The third-order valence-corrected chi connectivity index (χ3v) is 1.59. The van der Waals surface area contributed by atoms with Gasteiger partial charge in [0.05, 0.1) is 0 Å². The molecule has 0 aromatic carbocycles. The Labute approximate surface area is 92.7 Å². The fourth-order valence-electron chi connectivity index (χ4n) is 0.895. The number of hydrogen-bond donors (Lipinski definition) is 1. The molecule has 0 fully saturated rings. The Bertz CT molecular complexity index is 306. The zero-order valence-electron chi connectivity index (χ0n) is 9.42. The molecule has 0 rings (SSSR count). The molecule has 0 aromatic heterocycles. The average Bonchev–Trinajstić information content (AvgIpc) is 2.11. The van der Waals surface area contributed by atoms with Gasteiger partial charge in [-0.05, 0) is 19.4 Å². The van der Waals surface area contributed by atoms with E-state index in [0.717, 1.165) is 23.1 Å². The summed E-state index contributed by atoms with van der Waals surface area (Å²) in [7, 11) is 0. The van der Waals surface area contributed by atoms with Crippen molar-refractivity contribution in [1.29, 1.82) is 0 Å². The van der Waals surface area contributed by atoms with Gasteiger partial charge in [-0.15, -0.1) is 0 Å². The van der Waals surface area contributed by atoms with Crippen molar-refractivity contribution in [2.45, 2.75) is 13.3 Å². The Morgan fingerprint density at radius 1 is 0.933 bits per heavy atom. The predicted octanol–water partition coefficient (Wildman–Crippen LogP) is 3.65. The molecule has 0 aliphatic carbocycles. The van der Waals surface area contributed by atoms with E-state index in [0.29, 0.717) is 5.70 Å². The van der Waals surface area contributed by atoms with Gasteiger partial charge in [-0.3, -0.25) is 0 Å². The Morgan fingerprint density at radius 2 is 1.40 bits per heavy atom. The second-order valence-corrected chi connectivity index (χ2v) is 3.58. The van der Waals surface area contributed by atoms with Gasteiger partial charge in [0.15, 0.2) is 0 Å². The summed E-state index contributed by atoms with van der Waals surface area (Å²) in [5.41, 5.74) is 8.89. The lowest BCUT2D eigenvalue weighted by molar-refractivity contribution is 1.22. The fourth-order valence-corrected chi connectivity index (χ4v) is 0.895. The summed E-state index contributed by atoms with van der Waals surface area (Å²) in [4.78, 5) is 0. The Hall–Kier alpha value is -1.76. The molecular weight excluding hydrogens is 182 g/mol. The topological polar surface area (TPSA) is 26.0 Å². The smallest absolute Gasteiger partial charge is 0.0241 e. The first-order chi connectivity index (χ1) is 6.91. The largest absolute Gasteiger partial charge is 0.399 e. The maximum absolute atomic E-state index is 5.40. The third kappa shape index (κ3) is 8.57. The molecule has 0 atom stereocenters. The Morgan fingerprint density at radius 3 is 1.80 bits per heavy atom. The minimum atomic E-state index is 0.527. The molecule has 0 amide bonds. The molecule has 1 nitrogen and oxygen atoms in total. The first-order valence-corrected chi connectivity index (χ1v) is 4.73. The van der Waals surface area contributed by atoms with Crippen molar-refractivity contribution in [2.24, 2.45) is 5.73 Å². The normalized spacial score (nSPS) is 10.7. The van der Waals surface area contributed by atoms with Crippen LogP contribution in [0.4, 0.5) is 0 Å². The maximum Gasteiger partial charge on any atom is 0.0241 e. The van der Waals surface area contributed by atoms with Crippen LogP contribution in [0.15, 0.2) is 73.0 Å². The van der Waals surface area contributed by atoms with Gasteiger partial charge in [0.1, 0.15) is 0 Å². The van der Waals surface area contributed by atoms with E-state index in [1.807, 2.05) is 25.2 Å². The van der Waals surface area contributed by atoms with Crippen LogP contribution in [-0.4, -0.2) is 0 Å². The summed E-state index contributed by atoms with van der Waals surface area (Å²) in [5, 5.41) is 0. The van der Waals surface area contributed by atoms with E-state index < -0.39 is 0 Å². The molecule has 0 aromatic rings. The molecule has 0 bridgehead atoms. The number of allylic oxidation sites excluding steroid dienone is 7. The zero-order valence-corrected chi connectivity index (χ0v) is 9.42. The molecule has 0 unspecified atom stereocenters. The SMILES string of the molecule is C=C(C)/C=C\C(=C)CC(=C)/C=C\C(=C)N. The molecular formula is C14H19N. The van der Waals surface area contributed by atoms with Crippen LogP contribution in [-0.2, 0) is 0 Å². The van der Waals surface area contributed by atoms with E-state index in [-0.39, 0.29) is 0 Å². The van der Waals surface area contributed by atoms with Crippen molar-refractivity contribution in [3.63, 3.8) is 0 Å². The Kier molecular flexibility index (Phi) is 5.88. The van der Waals surface area contributed by atoms with Gasteiger partial charge in [-0.1, -0.05) is 61.3 Å². The van der Waals surface area contributed by atoms with Gasteiger partial charge in [-0.2, -0.15) is 0 Å². The summed E-state index contributed by atoms with van der Waals surface area (Å²) in [5.74, 6) is 0. The van der Waals surface area contributed by atoms with Crippen LogP contribution >= 0.6 is 0 Å². The highest BCUT2D eigenvalue weighted by Crippen LogP contribution is 2.11. The van der Waals surface area contributed by atoms with E-state index in [2.05, 4.69) is 26.3 Å². The first-order valence-electron chi connectivity index (χ1n) is 4.73. The quantitative estimate of drug-likeness (QED) is 0.652. The van der Waals surface area contributed by atoms with Gasteiger partial charge in [0.25, 0.3) is 0 Å². The summed E-state index contributed by atoms with van der Waals surface area (Å²) < 4.78 is 0. The molecule has 0 saturated carbocycles. The van der Waals surface area contributed by atoms with Crippen molar-refractivity contribution in [3.8, 4) is 0 Å². The number of rotatable bonds is 6. The van der Waals surface area contributed by atoms with Crippen LogP contribution in [0.2, 0.25) is 0 Å². The van der Waals surface area contributed by atoms with Crippen LogP contribution in [0, 0.1) is 0 Å². The molecule has 0 aliphatic heterocycles. The highest BCUT2D eigenvalue weighted by Gasteiger charge is 1.91. The number of hydrogen-bond acceptors (Lipinski definition) is 1. The highest BCUT2D eigenvalue weighted by molar-refractivity contribution is 5.31. The molecule has 1 heteroatoms. The first kappa shape index (κ1) is 13.2. The van der Waals surface area contributed by atoms with Crippen molar-refractivity contribution in [2.75, 3.05) is 0 Å². The van der Waals surface area contributed by atoms with E-state index in [9.17, 15) is 0 Å². The molecule has 0 spiro atoms.